The van der Waals surface area contributed by atoms with Gasteiger partial charge in [0, 0.05) is 43.4 Å². The maximum Gasteiger partial charge on any atom is 0.233 e. The van der Waals surface area contributed by atoms with Crippen molar-refractivity contribution in [3.8, 4) is 0 Å². The van der Waals surface area contributed by atoms with Gasteiger partial charge >= 0.3 is 0 Å². The van der Waals surface area contributed by atoms with E-state index >= 15 is 0 Å². The number of pyridine rings is 1. The van der Waals surface area contributed by atoms with Crippen molar-refractivity contribution in [1.29, 1.82) is 0 Å². The zero-order chi connectivity index (χ0) is 22.0. The smallest absolute Gasteiger partial charge is 0.233 e. The van der Waals surface area contributed by atoms with Gasteiger partial charge in [-0.25, -0.2) is 4.39 Å². The predicted molar refractivity (Wildman–Crippen MR) is 123 cm³/mol. The average Bonchev–Trinajstić information content (AvgIpc) is 2.84. The monoisotopic (exact) mass is 432 g/mol. The molecule has 0 aliphatic carbocycles. The molecule has 5 rings (SSSR count). The lowest BCUT2D eigenvalue weighted by molar-refractivity contribution is -0.143. The van der Waals surface area contributed by atoms with E-state index in [9.17, 15) is 9.18 Å². The van der Waals surface area contributed by atoms with Gasteiger partial charge in [0.05, 0.1) is 10.9 Å². The number of amides is 1. The molecule has 1 amide bonds. The van der Waals surface area contributed by atoms with Gasteiger partial charge in [-0.3, -0.25) is 9.78 Å². The number of fused-ring (bicyclic) bond motifs is 1. The predicted octanol–water partition coefficient (Wildman–Crippen LogP) is 4.90. The number of likely N-dealkylation sites (tertiary alicyclic amines) is 1. The number of rotatable bonds is 4. The van der Waals surface area contributed by atoms with E-state index in [1.54, 1.807) is 12.1 Å². The molecule has 1 aromatic heterocycles. The van der Waals surface area contributed by atoms with E-state index in [1.165, 1.54) is 11.6 Å². The van der Waals surface area contributed by atoms with Crippen LogP contribution in [0.2, 0.25) is 0 Å². The van der Waals surface area contributed by atoms with Crippen LogP contribution >= 0.6 is 0 Å². The molecule has 2 aliphatic heterocycles. The Bertz CT molecular complexity index is 1110. The van der Waals surface area contributed by atoms with E-state index < -0.39 is 5.41 Å². The molecule has 166 valence electrons. The number of benzene rings is 2. The number of aromatic nitrogens is 1. The Hall–Kier alpha value is -2.79. The van der Waals surface area contributed by atoms with E-state index in [2.05, 4.69) is 29.2 Å². The third-order valence-corrected chi connectivity index (χ3v) is 7.14. The van der Waals surface area contributed by atoms with Crippen LogP contribution in [0.25, 0.3) is 10.9 Å². The molecule has 0 unspecified atom stereocenters. The molecule has 2 fully saturated rings. The quantitative estimate of drug-likeness (QED) is 0.589. The maximum atomic E-state index is 14.8. The molecule has 0 spiro atoms. The SMILES string of the molecule is O=C(N1CCC[C@H](Cc2ccc3ncccc3c2)C1)C1(c2ccccc2F)CCOCC1. The van der Waals surface area contributed by atoms with Crippen molar-refractivity contribution in [2.24, 2.45) is 5.92 Å². The highest BCUT2D eigenvalue weighted by atomic mass is 19.1. The molecular weight excluding hydrogens is 403 g/mol. The van der Waals surface area contributed by atoms with Gasteiger partial charge in [-0.1, -0.05) is 30.3 Å². The molecule has 0 radical (unpaired) electrons. The number of carbonyl (C=O) groups excluding carboxylic acids is 1. The molecule has 0 bridgehead atoms. The standard InChI is InChI=1S/C27H29FN2O2/c28-24-8-2-1-7-23(24)27(11-15-32-16-12-27)26(31)30-14-4-5-21(19-30)17-20-9-10-25-22(18-20)6-3-13-29-25/h1-3,6-10,13,18,21H,4-5,11-12,14-17,19H2/t21-/m1/s1. The van der Waals surface area contributed by atoms with E-state index in [-0.39, 0.29) is 11.7 Å². The van der Waals surface area contributed by atoms with Crippen LogP contribution in [0, 0.1) is 11.7 Å². The number of ether oxygens (including phenoxy) is 1. The first kappa shape index (κ1) is 21.1. The van der Waals surface area contributed by atoms with Crippen LogP contribution in [0.3, 0.4) is 0 Å². The Morgan fingerprint density at radius 3 is 2.81 bits per heavy atom. The molecule has 1 atom stereocenters. The second-order valence-corrected chi connectivity index (χ2v) is 9.17. The molecule has 5 heteroatoms. The van der Waals surface area contributed by atoms with Gasteiger partial charge in [0.2, 0.25) is 5.91 Å². The number of halogens is 1. The number of piperidine rings is 1. The van der Waals surface area contributed by atoms with E-state index in [4.69, 9.17) is 4.74 Å². The summed E-state index contributed by atoms with van der Waals surface area (Å²) in [5.41, 5.74) is 1.99. The summed E-state index contributed by atoms with van der Waals surface area (Å²) in [4.78, 5) is 20.3. The Kier molecular flexibility index (Phi) is 5.92. The van der Waals surface area contributed by atoms with Gasteiger partial charge in [0.25, 0.3) is 0 Å². The third kappa shape index (κ3) is 4.02. The largest absolute Gasteiger partial charge is 0.381 e. The van der Waals surface area contributed by atoms with Crippen LogP contribution in [0.15, 0.2) is 60.8 Å². The Labute approximate surface area is 188 Å². The molecule has 2 aliphatic rings. The summed E-state index contributed by atoms with van der Waals surface area (Å²) >= 11 is 0. The van der Waals surface area contributed by atoms with Crippen molar-refractivity contribution in [2.75, 3.05) is 26.3 Å². The summed E-state index contributed by atoms with van der Waals surface area (Å²) < 4.78 is 20.4. The molecule has 32 heavy (non-hydrogen) atoms. The Morgan fingerprint density at radius 1 is 1.12 bits per heavy atom. The molecule has 0 N–H and O–H groups in total. The number of hydrogen-bond donors (Lipinski definition) is 0. The number of nitrogens with zero attached hydrogens (tertiary/aromatic N) is 2. The van der Waals surface area contributed by atoms with Crippen LogP contribution in [0.1, 0.15) is 36.8 Å². The molecular formula is C27H29FN2O2. The lowest BCUT2D eigenvalue weighted by Crippen LogP contribution is -2.53. The third-order valence-electron chi connectivity index (χ3n) is 7.14. The summed E-state index contributed by atoms with van der Waals surface area (Å²) in [6.45, 7) is 2.44. The minimum absolute atomic E-state index is 0.0679. The average molecular weight is 433 g/mol. The first-order valence-electron chi connectivity index (χ1n) is 11.6. The normalized spacial score (nSPS) is 20.9. The highest BCUT2D eigenvalue weighted by Crippen LogP contribution is 2.39. The van der Waals surface area contributed by atoms with E-state index in [0.717, 1.165) is 43.3 Å². The van der Waals surface area contributed by atoms with Gasteiger partial charge < -0.3 is 9.64 Å². The molecule has 3 aromatic rings. The zero-order valence-electron chi connectivity index (χ0n) is 18.3. The summed E-state index contributed by atoms with van der Waals surface area (Å²) in [5, 5.41) is 1.15. The highest BCUT2D eigenvalue weighted by Gasteiger charge is 2.46. The van der Waals surface area contributed by atoms with Crippen LogP contribution in [-0.4, -0.2) is 42.1 Å². The zero-order valence-corrected chi connectivity index (χ0v) is 18.3. The fourth-order valence-corrected chi connectivity index (χ4v) is 5.47. The van der Waals surface area contributed by atoms with E-state index in [0.29, 0.717) is 37.5 Å². The lowest BCUT2D eigenvalue weighted by atomic mass is 9.72. The van der Waals surface area contributed by atoms with Crippen molar-refractivity contribution in [3.63, 3.8) is 0 Å². The number of hydrogen-bond acceptors (Lipinski definition) is 3. The van der Waals surface area contributed by atoms with Crippen molar-refractivity contribution in [2.45, 2.75) is 37.5 Å². The van der Waals surface area contributed by atoms with Crippen LogP contribution < -0.4 is 0 Å². The highest BCUT2D eigenvalue weighted by molar-refractivity contribution is 5.88. The molecule has 3 heterocycles. The fourth-order valence-electron chi connectivity index (χ4n) is 5.47. The summed E-state index contributed by atoms with van der Waals surface area (Å²) in [7, 11) is 0. The van der Waals surface area contributed by atoms with Gasteiger partial charge in [0.15, 0.2) is 0 Å². The van der Waals surface area contributed by atoms with Crippen LogP contribution in [0.5, 0.6) is 0 Å². The van der Waals surface area contributed by atoms with Crippen molar-refractivity contribution >= 4 is 16.8 Å². The first-order valence-corrected chi connectivity index (χ1v) is 11.6. The second-order valence-electron chi connectivity index (χ2n) is 9.17. The van der Waals surface area contributed by atoms with Crippen molar-refractivity contribution in [1.82, 2.24) is 9.88 Å². The minimum Gasteiger partial charge on any atom is -0.381 e. The Morgan fingerprint density at radius 2 is 1.97 bits per heavy atom. The minimum atomic E-state index is -0.819. The van der Waals surface area contributed by atoms with Gasteiger partial charge in [-0.05, 0) is 67.9 Å². The molecule has 2 aromatic carbocycles. The van der Waals surface area contributed by atoms with Crippen LogP contribution in [0.4, 0.5) is 4.39 Å². The van der Waals surface area contributed by atoms with Gasteiger partial charge in [-0.15, -0.1) is 0 Å². The topological polar surface area (TPSA) is 42.4 Å². The van der Waals surface area contributed by atoms with Crippen molar-refractivity contribution in [3.05, 3.63) is 77.7 Å². The van der Waals surface area contributed by atoms with Gasteiger partial charge in [0.1, 0.15) is 5.82 Å². The summed E-state index contributed by atoms with van der Waals surface area (Å²) in [5.74, 6) is 0.179. The van der Waals surface area contributed by atoms with Gasteiger partial charge in [-0.2, -0.15) is 0 Å². The molecule has 4 nitrogen and oxygen atoms in total. The second kappa shape index (κ2) is 8.99. The summed E-state index contributed by atoms with van der Waals surface area (Å²) in [6, 6.07) is 17.2. The molecule has 0 saturated carbocycles. The fraction of sp³-hybridized carbons (Fsp3) is 0.407. The Balaban J connectivity index is 1.36. The van der Waals surface area contributed by atoms with Crippen LogP contribution in [-0.2, 0) is 21.4 Å². The maximum absolute atomic E-state index is 14.8. The number of carbonyl (C=O) groups is 1. The summed E-state index contributed by atoms with van der Waals surface area (Å²) in [6.07, 6.45) is 5.90. The lowest BCUT2D eigenvalue weighted by Gasteiger charge is -2.43. The van der Waals surface area contributed by atoms with Crippen molar-refractivity contribution < 1.29 is 13.9 Å². The van der Waals surface area contributed by atoms with E-state index in [1.807, 2.05) is 23.2 Å². The molecule has 2 saturated heterocycles. The first-order chi connectivity index (χ1) is 15.7.